The lowest BCUT2D eigenvalue weighted by molar-refractivity contribution is 0.395. The number of hydrogen-bond donors (Lipinski definition) is 1. The molecule has 1 heterocycles. The van der Waals surface area contributed by atoms with Gasteiger partial charge in [-0.25, -0.2) is 0 Å². The zero-order chi connectivity index (χ0) is 15.4. The topological polar surface area (TPSA) is 48.3 Å². The molecule has 0 amide bonds. The number of nitrogens with one attached hydrogen (secondary N) is 1. The molecule has 0 bridgehead atoms. The van der Waals surface area contributed by atoms with Crippen LogP contribution in [0.5, 0.6) is 11.5 Å². The lowest BCUT2D eigenvalue weighted by Crippen LogP contribution is -2.08. The van der Waals surface area contributed by atoms with Gasteiger partial charge in [0.1, 0.15) is 11.5 Å². The summed E-state index contributed by atoms with van der Waals surface area (Å²) in [6, 6.07) is 5.64. The summed E-state index contributed by atoms with van der Waals surface area (Å²) >= 11 is 6.16. The molecule has 6 heteroatoms. The van der Waals surface area contributed by atoms with E-state index in [1.807, 2.05) is 11.6 Å². The molecule has 0 fully saturated rings. The summed E-state index contributed by atoms with van der Waals surface area (Å²) in [5.41, 5.74) is 2.95. The van der Waals surface area contributed by atoms with Crippen molar-refractivity contribution in [2.75, 3.05) is 19.5 Å². The van der Waals surface area contributed by atoms with E-state index in [-0.39, 0.29) is 0 Å². The van der Waals surface area contributed by atoms with Crippen molar-refractivity contribution >= 4 is 17.3 Å². The van der Waals surface area contributed by atoms with Crippen molar-refractivity contribution in [1.82, 2.24) is 9.78 Å². The number of halogens is 1. The highest BCUT2D eigenvalue weighted by Crippen LogP contribution is 2.36. The van der Waals surface area contributed by atoms with Crippen LogP contribution in [0.15, 0.2) is 18.2 Å². The Morgan fingerprint density at radius 2 is 1.90 bits per heavy atom. The molecule has 0 saturated heterocycles. The molecule has 5 nitrogen and oxygen atoms in total. The van der Waals surface area contributed by atoms with Crippen molar-refractivity contribution in [2.45, 2.75) is 26.9 Å². The van der Waals surface area contributed by atoms with E-state index in [0.29, 0.717) is 23.1 Å². The maximum atomic E-state index is 6.16. The summed E-state index contributed by atoms with van der Waals surface area (Å²) in [7, 11) is 3.20. The quantitative estimate of drug-likeness (QED) is 0.887. The van der Waals surface area contributed by atoms with E-state index in [0.717, 1.165) is 23.6 Å². The van der Waals surface area contributed by atoms with Crippen molar-refractivity contribution in [2.24, 2.45) is 0 Å². The number of anilines is 1. The van der Waals surface area contributed by atoms with E-state index in [1.54, 1.807) is 26.4 Å². The summed E-state index contributed by atoms with van der Waals surface area (Å²) in [5.74, 6) is 1.28. The van der Waals surface area contributed by atoms with Gasteiger partial charge in [-0.3, -0.25) is 4.68 Å². The predicted octanol–water partition coefficient (Wildman–Crippen LogP) is 3.49. The lowest BCUT2D eigenvalue weighted by Gasteiger charge is -2.14. The van der Waals surface area contributed by atoms with Crippen LogP contribution in [0, 0.1) is 6.92 Å². The Morgan fingerprint density at radius 3 is 2.52 bits per heavy atom. The zero-order valence-electron chi connectivity index (χ0n) is 12.7. The van der Waals surface area contributed by atoms with Crippen LogP contribution in [-0.2, 0) is 13.1 Å². The van der Waals surface area contributed by atoms with E-state index < -0.39 is 0 Å². The molecule has 0 aliphatic carbocycles. The second-order valence-corrected chi connectivity index (χ2v) is 5.04. The highest BCUT2D eigenvalue weighted by Gasteiger charge is 2.11. The van der Waals surface area contributed by atoms with Crippen LogP contribution >= 0.6 is 11.6 Å². The Labute approximate surface area is 129 Å². The number of rotatable bonds is 6. The fraction of sp³-hybridized carbons (Fsp3) is 0.400. The number of methoxy groups -OCH3 is 2. The molecule has 0 spiro atoms. The van der Waals surface area contributed by atoms with Gasteiger partial charge in [0.15, 0.2) is 0 Å². The summed E-state index contributed by atoms with van der Waals surface area (Å²) in [5, 5.41) is 8.31. The fourth-order valence-corrected chi connectivity index (χ4v) is 2.44. The first kappa shape index (κ1) is 15.5. The van der Waals surface area contributed by atoms with E-state index in [9.17, 15) is 0 Å². The smallest absolute Gasteiger partial charge is 0.145 e. The molecule has 21 heavy (non-hydrogen) atoms. The number of aryl methyl sites for hydroxylation is 2. The molecule has 2 rings (SSSR count). The first-order valence-electron chi connectivity index (χ1n) is 6.77. The van der Waals surface area contributed by atoms with Gasteiger partial charge in [-0.05, 0) is 26.0 Å². The Kier molecular flexibility index (Phi) is 4.96. The number of benzene rings is 1. The van der Waals surface area contributed by atoms with Gasteiger partial charge in [-0.15, -0.1) is 0 Å². The molecule has 0 radical (unpaired) electrons. The number of hydrogen-bond acceptors (Lipinski definition) is 4. The average molecular weight is 310 g/mol. The summed E-state index contributed by atoms with van der Waals surface area (Å²) in [6.07, 6.45) is 0. The normalized spacial score (nSPS) is 10.5. The van der Waals surface area contributed by atoms with Crippen LogP contribution in [0.3, 0.4) is 0 Å². The van der Waals surface area contributed by atoms with Crippen molar-refractivity contribution in [3.63, 3.8) is 0 Å². The number of nitrogens with zero attached hydrogens (tertiary/aromatic N) is 2. The number of ether oxygens (including phenoxy) is 2. The van der Waals surface area contributed by atoms with Crippen molar-refractivity contribution in [1.29, 1.82) is 0 Å². The third kappa shape index (κ3) is 3.42. The summed E-state index contributed by atoms with van der Waals surface area (Å²) in [4.78, 5) is 0. The molecule has 1 N–H and O–H groups in total. The first-order chi connectivity index (χ1) is 10.1. The molecule has 0 saturated carbocycles. The summed E-state index contributed by atoms with van der Waals surface area (Å²) < 4.78 is 12.5. The minimum absolute atomic E-state index is 0.543. The third-order valence-electron chi connectivity index (χ3n) is 3.22. The van der Waals surface area contributed by atoms with Gasteiger partial charge in [0.2, 0.25) is 0 Å². The van der Waals surface area contributed by atoms with Crippen molar-refractivity contribution < 1.29 is 9.47 Å². The minimum atomic E-state index is 0.543. The standard InChI is InChI=1S/C15H20ClN3O2/c1-5-19-11(6-10(2)18-19)9-17-13-7-12(16)14(20-3)8-15(13)21-4/h6-8,17H,5,9H2,1-4H3. The molecule has 0 atom stereocenters. The van der Waals surface area contributed by atoms with Gasteiger partial charge in [0.05, 0.1) is 42.9 Å². The van der Waals surface area contributed by atoms with E-state index in [4.69, 9.17) is 21.1 Å². The highest BCUT2D eigenvalue weighted by atomic mass is 35.5. The van der Waals surface area contributed by atoms with Crippen LogP contribution in [0.4, 0.5) is 5.69 Å². The zero-order valence-corrected chi connectivity index (χ0v) is 13.5. The number of aromatic nitrogens is 2. The molecule has 1 aromatic carbocycles. The Hall–Kier alpha value is -1.88. The van der Waals surface area contributed by atoms with Gasteiger partial charge >= 0.3 is 0 Å². The van der Waals surface area contributed by atoms with Gasteiger partial charge in [0.25, 0.3) is 0 Å². The van der Waals surface area contributed by atoms with E-state index in [1.165, 1.54) is 0 Å². The van der Waals surface area contributed by atoms with Gasteiger partial charge in [-0.1, -0.05) is 11.6 Å². The average Bonchev–Trinajstić information content (AvgIpc) is 2.85. The maximum Gasteiger partial charge on any atom is 0.145 e. The highest BCUT2D eigenvalue weighted by molar-refractivity contribution is 6.32. The van der Waals surface area contributed by atoms with E-state index in [2.05, 4.69) is 23.4 Å². The second kappa shape index (κ2) is 6.72. The first-order valence-corrected chi connectivity index (χ1v) is 7.15. The molecular formula is C15H20ClN3O2. The minimum Gasteiger partial charge on any atom is -0.495 e. The molecule has 0 aliphatic rings. The lowest BCUT2D eigenvalue weighted by atomic mass is 10.2. The second-order valence-electron chi connectivity index (χ2n) is 4.63. The van der Waals surface area contributed by atoms with Crippen LogP contribution in [0.25, 0.3) is 0 Å². The Balaban J connectivity index is 2.21. The molecule has 1 aromatic heterocycles. The molecule has 0 aliphatic heterocycles. The van der Waals surface area contributed by atoms with Crippen LogP contribution < -0.4 is 14.8 Å². The molecule has 114 valence electrons. The van der Waals surface area contributed by atoms with Crippen LogP contribution in [-0.4, -0.2) is 24.0 Å². The van der Waals surface area contributed by atoms with E-state index >= 15 is 0 Å². The Bertz CT molecular complexity index is 626. The van der Waals surface area contributed by atoms with Gasteiger partial charge in [-0.2, -0.15) is 5.10 Å². The predicted molar refractivity (Wildman–Crippen MR) is 84.5 cm³/mol. The third-order valence-corrected chi connectivity index (χ3v) is 3.51. The fourth-order valence-electron chi connectivity index (χ4n) is 2.20. The SMILES string of the molecule is CCn1nc(C)cc1CNc1cc(Cl)c(OC)cc1OC. The van der Waals surface area contributed by atoms with Gasteiger partial charge in [0, 0.05) is 12.6 Å². The molecule has 2 aromatic rings. The largest absolute Gasteiger partial charge is 0.495 e. The maximum absolute atomic E-state index is 6.16. The monoisotopic (exact) mass is 309 g/mol. The molecular weight excluding hydrogens is 290 g/mol. The summed E-state index contributed by atoms with van der Waals surface area (Å²) in [6.45, 7) is 5.54. The van der Waals surface area contributed by atoms with Crippen molar-refractivity contribution in [3.8, 4) is 11.5 Å². The van der Waals surface area contributed by atoms with Crippen molar-refractivity contribution in [3.05, 3.63) is 34.6 Å². The Morgan fingerprint density at radius 1 is 1.19 bits per heavy atom. The van der Waals surface area contributed by atoms with Crippen LogP contribution in [0.2, 0.25) is 5.02 Å². The van der Waals surface area contributed by atoms with Crippen LogP contribution in [0.1, 0.15) is 18.3 Å². The molecule has 0 unspecified atom stereocenters. The van der Waals surface area contributed by atoms with Gasteiger partial charge < -0.3 is 14.8 Å².